The maximum Gasteiger partial charge on any atom is 0.231 e. The standard InChI is InChI=1S/C22H25NO5/c1-13-20(14-6-5-7-16(25-2)21(14)24)15-10-18-19(27-12-26-18)11-17(15)28-22(13)23-8-3-4-9-23/h5-7,10-11,13,20,22,24H,3-4,8-9,12H2,1-2H3/t13-,20+,22?/m0/s1. The molecule has 0 radical (unpaired) electrons. The Labute approximate surface area is 164 Å². The lowest BCUT2D eigenvalue weighted by Gasteiger charge is -2.42. The number of nitrogens with zero attached hydrogens (tertiary/aromatic N) is 1. The zero-order valence-electron chi connectivity index (χ0n) is 16.2. The predicted octanol–water partition coefficient (Wildman–Crippen LogP) is 3.71. The Bertz CT molecular complexity index is 893. The van der Waals surface area contributed by atoms with Gasteiger partial charge in [0.05, 0.1) is 7.11 Å². The van der Waals surface area contributed by atoms with Crippen molar-refractivity contribution in [1.82, 2.24) is 4.90 Å². The quantitative estimate of drug-likeness (QED) is 0.872. The van der Waals surface area contributed by atoms with Crippen LogP contribution in [0.1, 0.15) is 36.8 Å². The molecule has 0 spiro atoms. The smallest absolute Gasteiger partial charge is 0.231 e. The number of methoxy groups -OCH3 is 1. The van der Waals surface area contributed by atoms with Crippen LogP contribution in [0, 0.1) is 5.92 Å². The van der Waals surface area contributed by atoms with Gasteiger partial charge in [-0.3, -0.25) is 4.90 Å². The van der Waals surface area contributed by atoms with Crippen molar-refractivity contribution in [3.63, 3.8) is 0 Å². The number of para-hydroxylation sites is 1. The van der Waals surface area contributed by atoms with Crippen molar-refractivity contribution in [1.29, 1.82) is 0 Å². The summed E-state index contributed by atoms with van der Waals surface area (Å²) >= 11 is 0. The first-order chi connectivity index (χ1) is 13.7. The van der Waals surface area contributed by atoms with Crippen LogP contribution in [-0.2, 0) is 0 Å². The normalized spacial score (nSPS) is 26.0. The predicted molar refractivity (Wildman–Crippen MR) is 103 cm³/mol. The molecule has 0 bridgehead atoms. The molecular formula is C22H25NO5. The average molecular weight is 383 g/mol. The Hall–Kier alpha value is -2.60. The molecule has 2 aromatic rings. The number of phenols is 1. The van der Waals surface area contributed by atoms with Crippen LogP contribution in [-0.4, -0.2) is 43.2 Å². The number of hydrogen-bond acceptors (Lipinski definition) is 6. The number of likely N-dealkylation sites (tertiary alicyclic amines) is 1. The van der Waals surface area contributed by atoms with Gasteiger partial charge in [0.2, 0.25) is 6.79 Å². The molecular weight excluding hydrogens is 358 g/mol. The van der Waals surface area contributed by atoms with Crippen LogP contribution >= 0.6 is 0 Å². The van der Waals surface area contributed by atoms with E-state index in [1.807, 2.05) is 24.3 Å². The molecule has 6 heteroatoms. The van der Waals surface area contributed by atoms with E-state index in [-0.39, 0.29) is 30.6 Å². The molecule has 28 heavy (non-hydrogen) atoms. The Balaban J connectivity index is 1.65. The van der Waals surface area contributed by atoms with E-state index in [0.29, 0.717) is 11.5 Å². The molecule has 3 aliphatic rings. The van der Waals surface area contributed by atoms with E-state index in [1.54, 1.807) is 13.2 Å². The van der Waals surface area contributed by atoms with E-state index < -0.39 is 0 Å². The van der Waals surface area contributed by atoms with Gasteiger partial charge in [0.1, 0.15) is 5.75 Å². The fourth-order valence-corrected chi connectivity index (χ4v) is 4.78. The third-order valence-corrected chi connectivity index (χ3v) is 6.15. The Morgan fingerprint density at radius 3 is 2.54 bits per heavy atom. The number of phenolic OH excluding ortho intramolecular Hbond substituents is 1. The molecule has 1 N–H and O–H groups in total. The minimum absolute atomic E-state index is 0.0426. The highest BCUT2D eigenvalue weighted by molar-refractivity contribution is 5.59. The van der Waals surface area contributed by atoms with E-state index in [9.17, 15) is 5.11 Å². The van der Waals surface area contributed by atoms with Gasteiger partial charge in [0.15, 0.2) is 29.2 Å². The molecule has 6 nitrogen and oxygen atoms in total. The summed E-state index contributed by atoms with van der Waals surface area (Å²) in [6, 6.07) is 9.60. The van der Waals surface area contributed by atoms with E-state index in [0.717, 1.165) is 35.7 Å². The second-order valence-electron chi connectivity index (χ2n) is 7.73. The highest BCUT2D eigenvalue weighted by atomic mass is 16.7. The van der Waals surface area contributed by atoms with Crippen molar-refractivity contribution in [3.05, 3.63) is 41.5 Å². The van der Waals surface area contributed by atoms with Crippen LogP contribution in [0.25, 0.3) is 0 Å². The first-order valence-corrected chi connectivity index (χ1v) is 9.87. The molecule has 3 atom stereocenters. The molecule has 0 amide bonds. The van der Waals surface area contributed by atoms with E-state index >= 15 is 0 Å². The maximum atomic E-state index is 10.9. The number of ether oxygens (including phenoxy) is 4. The first kappa shape index (κ1) is 17.5. The fraction of sp³-hybridized carbons (Fsp3) is 0.455. The van der Waals surface area contributed by atoms with E-state index in [2.05, 4.69) is 11.8 Å². The molecule has 1 fully saturated rings. The summed E-state index contributed by atoms with van der Waals surface area (Å²) in [4.78, 5) is 2.41. The van der Waals surface area contributed by atoms with Crippen molar-refractivity contribution in [3.8, 4) is 28.7 Å². The second kappa shape index (κ2) is 6.78. The van der Waals surface area contributed by atoms with Crippen molar-refractivity contribution in [2.24, 2.45) is 5.92 Å². The third kappa shape index (κ3) is 2.66. The topological polar surface area (TPSA) is 60.4 Å². The third-order valence-electron chi connectivity index (χ3n) is 6.15. The molecule has 2 aromatic carbocycles. The lowest BCUT2D eigenvalue weighted by atomic mass is 9.77. The molecule has 1 unspecified atom stereocenters. The van der Waals surface area contributed by atoms with Crippen molar-refractivity contribution < 1.29 is 24.1 Å². The van der Waals surface area contributed by atoms with E-state index in [1.165, 1.54) is 12.8 Å². The van der Waals surface area contributed by atoms with Gasteiger partial charge >= 0.3 is 0 Å². The molecule has 1 saturated heterocycles. The van der Waals surface area contributed by atoms with Gasteiger partial charge < -0.3 is 24.1 Å². The van der Waals surface area contributed by atoms with Gasteiger partial charge in [-0.2, -0.15) is 0 Å². The highest BCUT2D eigenvalue weighted by Crippen LogP contribution is 2.52. The summed E-state index contributed by atoms with van der Waals surface area (Å²) in [5, 5.41) is 10.9. The molecule has 0 saturated carbocycles. The molecule has 3 aliphatic heterocycles. The van der Waals surface area contributed by atoms with Gasteiger partial charge in [-0.1, -0.05) is 19.1 Å². The van der Waals surface area contributed by atoms with Gasteiger partial charge in [-0.05, 0) is 25.0 Å². The molecule has 148 valence electrons. The van der Waals surface area contributed by atoms with Gasteiger partial charge in [0, 0.05) is 42.1 Å². The zero-order valence-corrected chi connectivity index (χ0v) is 16.2. The summed E-state index contributed by atoms with van der Waals surface area (Å²) in [6.45, 7) is 4.48. The van der Waals surface area contributed by atoms with Crippen LogP contribution in [0.2, 0.25) is 0 Å². The van der Waals surface area contributed by atoms with Gasteiger partial charge in [-0.25, -0.2) is 0 Å². The summed E-state index contributed by atoms with van der Waals surface area (Å²) < 4.78 is 23.0. The lowest BCUT2D eigenvalue weighted by molar-refractivity contribution is -0.0180. The van der Waals surface area contributed by atoms with Crippen LogP contribution in [0.15, 0.2) is 30.3 Å². The minimum atomic E-state index is -0.0500. The maximum absolute atomic E-state index is 10.9. The Morgan fingerprint density at radius 1 is 1.04 bits per heavy atom. The molecule has 3 heterocycles. The van der Waals surface area contributed by atoms with Crippen molar-refractivity contribution in [2.75, 3.05) is 27.0 Å². The monoisotopic (exact) mass is 383 g/mol. The average Bonchev–Trinajstić information content (AvgIpc) is 3.38. The summed E-state index contributed by atoms with van der Waals surface area (Å²) in [6.07, 6.45) is 2.33. The number of hydrogen-bond donors (Lipinski definition) is 1. The molecule has 0 aromatic heterocycles. The SMILES string of the molecule is COc1cccc([C@@H]2c3cc4c(cc3OC(N3CCCC3)[C@H]2C)OCO4)c1O. The largest absolute Gasteiger partial charge is 0.504 e. The zero-order chi connectivity index (χ0) is 19.3. The fourth-order valence-electron chi connectivity index (χ4n) is 4.78. The number of fused-ring (bicyclic) bond motifs is 2. The van der Waals surface area contributed by atoms with E-state index in [4.69, 9.17) is 18.9 Å². The first-order valence-electron chi connectivity index (χ1n) is 9.87. The van der Waals surface area contributed by atoms with Crippen molar-refractivity contribution >= 4 is 0 Å². The summed E-state index contributed by atoms with van der Waals surface area (Å²) in [5.41, 5.74) is 1.86. The molecule has 0 aliphatic carbocycles. The second-order valence-corrected chi connectivity index (χ2v) is 7.73. The lowest BCUT2D eigenvalue weighted by Crippen LogP contribution is -2.47. The minimum Gasteiger partial charge on any atom is -0.504 e. The molecule has 5 rings (SSSR count). The van der Waals surface area contributed by atoms with Gasteiger partial charge in [0.25, 0.3) is 0 Å². The van der Waals surface area contributed by atoms with Crippen molar-refractivity contribution in [2.45, 2.75) is 31.9 Å². The Morgan fingerprint density at radius 2 is 1.79 bits per heavy atom. The van der Waals surface area contributed by atoms with Crippen LogP contribution < -0.4 is 18.9 Å². The van der Waals surface area contributed by atoms with Crippen LogP contribution in [0.4, 0.5) is 0 Å². The number of rotatable bonds is 3. The summed E-state index contributed by atoms with van der Waals surface area (Å²) in [7, 11) is 1.57. The van der Waals surface area contributed by atoms with Crippen LogP contribution in [0.5, 0.6) is 28.7 Å². The summed E-state index contributed by atoms with van der Waals surface area (Å²) in [5.74, 6) is 3.00. The number of aromatic hydroxyl groups is 1. The van der Waals surface area contributed by atoms with Gasteiger partial charge in [-0.15, -0.1) is 0 Å². The van der Waals surface area contributed by atoms with Crippen LogP contribution in [0.3, 0.4) is 0 Å². The Kier molecular flexibility index (Phi) is 4.23. The number of benzene rings is 2. The highest BCUT2D eigenvalue weighted by Gasteiger charge is 2.42.